The van der Waals surface area contributed by atoms with Crippen molar-refractivity contribution in [3.8, 4) is 0 Å². The third kappa shape index (κ3) is 2.73. The van der Waals surface area contributed by atoms with Crippen LogP contribution in [0.5, 0.6) is 0 Å². The molecule has 0 aliphatic heterocycles. The summed E-state index contributed by atoms with van der Waals surface area (Å²) in [6, 6.07) is 2.52. The van der Waals surface area contributed by atoms with Crippen molar-refractivity contribution >= 4 is 38.9 Å². The maximum atomic E-state index is 13.3. The summed E-state index contributed by atoms with van der Waals surface area (Å²) in [6.07, 6.45) is 0. The minimum absolute atomic E-state index is 0.302. The Hall–Kier alpha value is -1.34. The molecule has 1 N–H and O–H groups in total. The van der Waals surface area contributed by atoms with Gasteiger partial charge in [-0.2, -0.15) is 0 Å². The van der Waals surface area contributed by atoms with E-state index < -0.39 is 29.0 Å². The van der Waals surface area contributed by atoms with Gasteiger partial charge in [0, 0.05) is 17.5 Å². The van der Waals surface area contributed by atoms with Crippen LogP contribution in [0.4, 0.5) is 18.9 Å². The van der Waals surface area contributed by atoms with Gasteiger partial charge in [0.15, 0.2) is 11.6 Å². The third-order valence-electron chi connectivity index (χ3n) is 2.09. The minimum atomic E-state index is -1.30. The molecule has 1 aromatic carbocycles. The predicted octanol–water partition coefficient (Wildman–Crippen LogP) is 4.18. The molecule has 2 rings (SSSR count). The molecule has 2 nitrogen and oxygen atoms in total. The molecule has 0 radical (unpaired) electrons. The van der Waals surface area contributed by atoms with Crippen LogP contribution in [0.3, 0.4) is 0 Å². The Bertz CT molecular complexity index is 614. The van der Waals surface area contributed by atoms with Crippen molar-refractivity contribution in [1.82, 2.24) is 0 Å². The molecule has 0 saturated heterocycles. The van der Waals surface area contributed by atoms with E-state index in [0.29, 0.717) is 17.7 Å². The molecule has 0 unspecified atom stereocenters. The Morgan fingerprint density at radius 1 is 1.11 bits per heavy atom. The largest absolute Gasteiger partial charge is 0.319 e. The number of carbonyl (C=O) groups is 1. The molecule has 0 aliphatic carbocycles. The average molecular weight is 336 g/mol. The number of amides is 1. The van der Waals surface area contributed by atoms with Gasteiger partial charge < -0.3 is 5.32 Å². The Labute approximate surface area is 113 Å². The van der Waals surface area contributed by atoms with Gasteiger partial charge in [0.25, 0.3) is 5.91 Å². The van der Waals surface area contributed by atoms with E-state index in [1.807, 2.05) is 0 Å². The minimum Gasteiger partial charge on any atom is -0.319 e. The van der Waals surface area contributed by atoms with Crippen LogP contribution in [0.25, 0.3) is 0 Å². The lowest BCUT2D eigenvalue weighted by atomic mass is 10.2. The number of carbonyl (C=O) groups excluding carboxylic acids is 1. The summed E-state index contributed by atoms with van der Waals surface area (Å²) in [5.41, 5.74) is -0.0998. The number of hydrogen-bond donors (Lipinski definition) is 1. The van der Waals surface area contributed by atoms with Gasteiger partial charge in [0.2, 0.25) is 0 Å². The van der Waals surface area contributed by atoms with E-state index in [9.17, 15) is 18.0 Å². The number of thiophene rings is 1. The smallest absolute Gasteiger partial charge is 0.256 e. The highest BCUT2D eigenvalue weighted by atomic mass is 79.9. The summed E-state index contributed by atoms with van der Waals surface area (Å²) in [6.45, 7) is 0. The fourth-order valence-corrected chi connectivity index (χ4v) is 2.38. The second-order valence-electron chi connectivity index (χ2n) is 3.34. The molecule has 0 spiro atoms. The van der Waals surface area contributed by atoms with Crippen LogP contribution in [0.1, 0.15) is 10.4 Å². The summed E-state index contributed by atoms with van der Waals surface area (Å²) < 4.78 is 39.6. The summed E-state index contributed by atoms with van der Waals surface area (Å²) in [4.78, 5) is 11.7. The molecule has 2 aromatic rings. The van der Waals surface area contributed by atoms with Crippen LogP contribution < -0.4 is 5.32 Å². The number of anilines is 1. The van der Waals surface area contributed by atoms with Crippen LogP contribution in [-0.2, 0) is 0 Å². The summed E-state index contributed by atoms with van der Waals surface area (Å²) >= 11 is 4.46. The van der Waals surface area contributed by atoms with Gasteiger partial charge in [-0.3, -0.25) is 4.79 Å². The van der Waals surface area contributed by atoms with Gasteiger partial charge in [0.1, 0.15) is 5.82 Å². The Kier molecular flexibility index (Phi) is 3.72. The topological polar surface area (TPSA) is 29.1 Å². The second-order valence-corrected chi connectivity index (χ2v) is 5.63. The fraction of sp³-hybridized carbons (Fsp3) is 0. The monoisotopic (exact) mass is 335 g/mol. The Balaban J connectivity index is 2.24. The molecule has 7 heteroatoms. The van der Waals surface area contributed by atoms with Crippen molar-refractivity contribution in [3.05, 3.63) is 50.4 Å². The molecule has 1 heterocycles. The van der Waals surface area contributed by atoms with E-state index in [2.05, 4.69) is 21.2 Å². The fourth-order valence-electron chi connectivity index (χ4n) is 1.24. The summed E-state index contributed by atoms with van der Waals surface area (Å²) in [5, 5.41) is 3.73. The van der Waals surface area contributed by atoms with Gasteiger partial charge in [-0.1, -0.05) is 0 Å². The number of benzene rings is 1. The summed E-state index contributed by atoms with van der Waals surface area (Å²) in [7, 11) is 0. The van der Waals surface area contributed by atoms with Crippen LogP contribution >= 0.6 is 27.3 Å². The predicted molar refractivity (Wildman–Crippen MR) is 66.3 cm³/mol. The van der Waals surface area contributed by atoms with E-state index in [0.717, 1.165) is 3.79 Å². The highest BCUT2D eigenvalue weighted by Gasteiger charge is 2.14. The number of halogens is 4. The average Bonchev–Trinajstić information content (AvgIpc) is 2.73. The molecular weight excluding hydrogens is 331 g/mol. The van der Waals surface area contributed by atoms with Crippen LogP contribution in [0.2, 0.25) is 0 Å². The van der Waals surface area contributed by atoms with Crippen molar-refractivity contribution in [2.75, 3.05) is 5.32 Å². The SMILES string of the molecule is O=C(Nc1cc(F)c(F)cc1F)c1csc(Br)c1. The zero-order chi connectivity index (χ0) is 13.3. The standard InChI is InChI=1S/C11H5BrF3NOS/c12-10-1-5(4-18-10)11(17)16-9-3-7(14)6(13)2-8(9)15/h1-4H,(H,16,17). The maximum Gasteiger partial charge on any atom is 0.256 e. The zero-order valence-electron chi connectivity index (χ0n) is 8.64. The molecule has 0 atom stereocenters. The van der Waals surface area contributed by atoms with Crippen molar-refractivity contribution < 1.29 is 18.0 Å². The first kappa shape index (κ1) is 13.1. The molecule has 1 aromatic heterocycles. The van der Waals surface area contributed by atoms with E-state index in [1.54, 1.807) is 5.38 Å². The van der Waals surface area contributed by atoms with Gasteiger partial charge >= 0.3 is 0 Å². The van der Waals surface area contributed by atoms with Gasteiger partial charge in [0.05, 0.1) is 15.0 Å². The van der Waals surface area contributed by atoms with Crippen molar-refractivity contribution in [2.45, 2.75) is 0 Å². The highest BCUT2D eigenvalue weighted by molar-refractivity contribution is 9.11. The van der Waals surface area contributed by atoms with E-state index in [-0.39, 0.29) is 0 Å². The third-order valence-corrected chi connectivity index (χ3v) is 3.59. The molecular formula is C11H5BrF3NOS. The van der Waals surface area contributed by atoms with E-state index in [4.69, 9.17) is 0 Å². The molecule has 0 fully saturated rings. The molecule has 0 saturated carbocycles. The van der Waals surface area contributed by atoms with Gasteiger partial charge in [-0.05, 0) is 22.0 Å². The zero-order valence-corrected chi connectivity index (χ0v) is 11.0. The quantitative estimate of drug-likeness (QED) is 0.819. The first-order chi connectivity index (χ1) is 8.47. The van der Waals surface area contributed by atoms with Crippen LogP contribution in [0.15, 0.2) is 27.4 Å². The normalized spacial score (nSPS) is 10.4. The van der Waals surface area contributed by atoms with Gasteiger partial charge in [-0.25, -0.2) is 13.2 Å². The number of hydrogen-bond acceptors (Lipinski definition) is 2. The molecule has 0 bridgehead atoms. The highest BCUT2D eigenvalue weighted by Crippen LogP contribution is 2.23. The van der Waals surface area contributed by atoms with E-state index >= 15 is 0 Å². The molecule has 1 amide bonds. The summed E-state index contributed by atoms with van der Waals surface area (Å²) in [5.74, 6) is -4.15. The Morgan fingerprint density at radius 2 is 1.78 bits per heavy atom. The van der Waals surface area contributed by atoms with Crippen LogP contribution in [0, 0.1) is 17.5 Å². The first-order valence-corrected chi connectivity index (χ1v) is 6.34. The lowest BCUT2D eigenvalue weighted by Gasteiger charge is -2.05. The Morgan fingerprint density at radius 3 is 2.39 bits per heavy atom. The van der Waals surface area contributed by atoms with Crippen molar-refractivity contribution in [2.24, 2.45) is 0 Å². The molecule has 18 heavy (non-hydrogen) atoms. The van der Waals surface area contributed by atoms with E-state index in [1.165, 1.54) is 17.4 Å². The van der Waals surface area contributed by atoms with Crippen LogP contribution in [-0.4, -0.2) is 5.91 Å². The number of rotatable bonds is 2. The van der Waals surface area contributed by atoms with Crippen molar-refractivity contribution in [3.63, 3.8) is 0 Å². The lowest BCUT2D eigenvalue weighted by molar-refractivity contribution is 0.102. The maximum absolute atomic E-state index is 13.3. The number of nitrogens with one attached hydrogen (secondary N) is 1. The second kappa shape index (κ2) is 5.11. The first-order valence-electron chi connectivity index (χ1n) is 4.67. The molecule has 94 valence electrons. The van der Waals surface area contributed by atoms with Gasteiger partial charge in [-0.15, -0.1) is 11.3 Å². The lowest BCUT2D eigenvalue weighted by Crippen LogP contribution is -2.12. The molecule has 0 aliphatic rings. The van der Waals surface area contributed by atoms with Crippen molar-refractivity contribution in [1.29, 1.82) is 0 Å².